The van der Waals surface area contributed by atoms with Crippen molar-refractivity contribution in [1.29, 1.82) is 0 Å². The molecule has 2 nitrogen and oxygen atoms in total. The first kappa shape index (κ1) is 13.4. The van der Waals surface area contributed by atoms with Gasteiger partial charge in [-0.1, -0.05) is 6.92 Å². The van der Waals surface area contributed by atoms with Gasteiger partial charge < -0.3 is 4.74 Å². The van der Waals surface area contributed by atoms with Crippen LogP contribution in [0.5, 0.6) is 0 Å². The normalized spacial score (nSPS) is 12.8. The topological polar surface area (TPSA) is 26.3 Å². The molecule has 0 radical (unpaired) electrons. The molecule has 0 N–H and O–H groups in total. The summed E-state index contributed by atoms with van der Waals surface area (Å²) in [6, 6.07) is 0. The van der Waals surface area contributed by atoms with Crippen LogP contribution in [0.3, 0.4) is 0 Å². The Hall–Kier alpha value is -0.650. The van der Waals surface area contributed by atoms with Crippen molar-refractivity contribution in [2.75, 3.05) is 12.4 Å². The van der Waals surface area contributed by atoms with Crippen LogP contribution in [-0.2, 0) is 9.53 Å². The van der Waals surface area contributed by atoms with Crippen LogP contribution in [0.2, 0.25) is 0 Å². The van der Waals surface area contributed by atoms with Crippen molar-refractivity contribution < 1.29 is 22.7 Å². The molecule has 0 saturated carbocycles. The lowest BCUT2D eigenvalue weighted by atomic mass is 10.5. The summed E-state index contributed by atoms with van der Waals surface area (Å²) >= 11 is 0.573. The van der Waals surface area contributed by atoms with Crippen LogP contribution in [0.4, 0.5) is 13.2 Å². The highest BCUT2D eigenvalue weighted by Crippen LogP contribution is 2.34. The molecular weight excluding hydrogens is 217 g/mol. The molecule has 0 aromatic heterocycles. The Kier molecular flexibility index (Phi) is 5.68. The van der Waals surface area contributed by atoms with Crippen LogP contribution < -0.4 is 0 Å². The number of allylic oxidation sites excluding steroid dienone is 1. The number of halogens is 3. The number of carbonyl (C=O) groups is 1. The number of alkyl halides is 3. The molecule has 0 saturated heterocycles. The minimum absolute atomic E-state index is 0.0667. The Morgan fingerprint density at radius 3 is 2.36 bits per heavy atom. The van der Waals surface area contributed by atoms with Crippen molar-refractivity contribution in [2.45, 2.75) is 20.0 Å². The second-order valence-corrected chi connectivity index (χ2v) is 3.50. The maximum Gasteiger partial charge on any atom is 0.422 e. The second-order valence-electron chi connectivity index (χ2n) is 2.19. The van der Waals surface area contributed by atoms with Gasteiger partial charge in [0.25, 0.3) is 0 Å². The number of thioether (sulfide) groups is 1. The summed E-state index contributed by atoms with van der Waals surface area (Å²) in [5.74, 6) is -0.703. The molecular formula is C8H11F3O2S. The fourth-order valence-corrected chi connectivity index (χ4v) is 1.31. The van der Waals surface area contributed by atoms with E-state index < -0.39 is 17.1 Å². The van der Waals surface area contributed by atoms with Crippen LogP contribution >= 0.6 is 11.8 Å². The first-order valence-corrected chi connectivity index (χ1v) is 4.98. The van der Waals surface area contributed by atoms with E-state index in [-0.39, 0.29) is 12.4 Å². The molecule has 0 aliphatic heterocycles. The summed E-state index contributed by atoms with van der Waals surface area (Å²) in [6.07, 6.45) is -3.99. The highest BCUT2D eigenvalue weighted by atomic mass is 32.2. The molecule has 0 bridgehead atoms. The van der Waals surface area contributed by atoms with Crippen molar-refractivity contribution >= 4 is 17.7 Å². The van der Waals surface area contributed by atoms with Gasteiger partial charge in [-0.2, -0.15) is 13.2 Å². The molecule has 0 heterocycles. The van der Waals surface area contributed by atoms with Gasteiger partial charge in [0.2, 0.25) is 0 Å². The Balaban J connectivity index is 4.56. The average Bonchev–Trinajstić information content (AvgIpc) is 2.02. The fourth-order valence-electron chi connectivity index (χ4n) is 0.652. The standard InChI is InChI=1S/C8H11F3O2S/c1-3-13-7(12)5-6(14-4-2)8(9,10)11/h5H,3-4H2,1-2H3/b6-5-. The van der Waals surface area contributed by atoms with Crippen LogP contribution in [0, 0.1) is 0 Å². The lowest BCUT2D eigenvalue weighted by molar-refractivity contribution is -0.138. The number of rotatable bonds is 4. The van der Waals surface area contributed by atoms with Gasteiger partial charge in [0.15, 0.2) is 0 Å². The number of hydrogen-bond donors (Lipinski definition) is 0. The molecule has 0 aromatic rings. The maximum atomic E-state index is 12.2. The van der Waals surface area contributed by atoms with Crippen LogP contribution in [0.1, 0.15) is 13.8 Å². The fraction of sp³-hybridized carbons (Fsp3) is 0.625. The smallest absolute Gasteiger partial charge is 0.422 e. The zero-order valence-corrected chi connectivity index (χ0v) is 8.67. The van der Waals surface area contributed by atoms with Crippen molar-refractivity contribution in [3.8, 4) is 0 Å². The average molecular weight is 228 g/mol. The van der Waals surface area contributed by atoms with Gasteiger partial charge in [-0.25, -0.2) is 4.79 Å². The second kappa shape index (κ2) is 5.95. The van der Waals surface area contributed by atoms with Gasteiger partial charge in [0, 0.05) is 6.08 Å². The van der Waals surface area contributed by atoms with Crippen molar-refractivity contribution in [1.82, 2.24) is 0 Å². The number of carbonyl (C=O) groups excluding carboxylic acids is 1. The van der Waals surface area contributed by atoms with Gasteiger partial charge in [0.1, 0.15) is 0 Å². The van der Waals surface area contributed by atoms with Crippen LogP contribution in [-0.4, -0.2) is 24.5 Å². The molecule has 0 aliphatic rings. The van der Waals surface area contributed by atoms with E-state index in [0.717, 1.165) is 0 Å². The Morgan fingerprint density at radius 1 is 1.43 bits per heavy atom. The van der Waals surface area contributed by atoms with E-state index in [9.17, 15) is 18.0 Å². The maximum absolute atomic E-state index is 12.2. The van der Waals surface area contributed by atoms with E-state index >= 15 is 0 Å². The van der Waals surface area contributed by atoms with E-state index in [1.54, 1.807) is 6.92 Å². The minimum atomic E-state index is -4.48. The molecule has 0 atom stereocenters. The molecule has 0 amide bonds. The quantitative estimate of drug-likeness (QED) is 0.546. The van der Waals surface area contributed by atoms with E-state index in [1.807, 2.05) is 0 Å². The molecule has 14 heavy (non-hydrogen) atoms. The van der Waals surface area contributed by atoms with Gasteiger partial charge in [0.05, 0.1) is 11.5 Å². The van der Waals surface area contributed by atoms with Gasteiger partial charge in [-0.05, 0) is 12.7 Å². The molecule has 82 valence electrons. The van der Waals surface area contributed by atoms with Crippen molar-refractivity contribution in [3.05, 3.63) is 11.0 Å². The molecule has 0 unspecified atom stereocenters. The van der Waals surface area contributed by atoms with Crippen LogP contribution in [0.15, 0.2) is 11.0 Å². The highest BCUT2D eigenvalue weighted by molar-refractivity contribution is 8.03. The molecule has 0 fully saturated rings. The lowest BCUT2D eigenvalue weighted by Crippen LogP contribution is -2.12. The Bertz CT molecular complexity index is 223. The Labute approximate surface area is 84.5 Å². The van der Waals surface area contributed by atoms with E-state index in [4.69, 9.17) is 0 Å². The number of hydrogen-bond acceptors (Lipinski definition) is 3. The third-order valence-corrected chi connectivity index (χ3v) is 2.06. The molecule has 0 rings (SSSR count). The lowest BCUT2D eigenvalue weighted by Gasteiger charge is -2.09. The van der Waals surface area contributed by atoms with Gasteiger partial charge in [-0.3, -0.25) is 0 Å². The summed E-state index contributed by atoms with van der Waals surface area (Å²) in [5.41, 5.74) is 0. The first-order valence-electron chi connectivity index (χ1n) is 4.00. The van der Waals surface area contributed by atoms with Crippen LogP contribution in [0.25, 0.3) is 0 Å². The predicted molar refractivity (Wildman–Crippen MR) is 48.9 cm³/mol. The van der Waals surface area contributed by atoms with Gasteiger partial charge >= 0.3 is 12.1 Å². The summed E-state index contributed by atoms with van der Waals surface area (Å²) in [4.78, 5) is 9.84. The molecule has 0 aromatic carbocycles. The molecule has 0 aliphatic carbocycles. The van der Waals surface area contributed by atoms with Gasteiger partial charge in [-0.15, -0.1) is 11.8 Å². The third-order valence-electron chi connectivity index (χ3n) is 1.11. The monoisotopic (exact) mass is 228 g/mol. The molecule has 6 heteroatoms. The summed E-state index contributed by atoms with van der Waals surface area (Å²) in [6.45, 7) is 3.18. The highest BCUT2D eigenvalue weighted by Gasteiger charge is 2.34. The largest absolute Gasteiger partial charge is 0.463 e. The third kappa shape index (κ3) is 5.16. The van der Waals surface area contributed by atoms with E-state index in [2.05, 4.69) is 4.74 Å². The molecule has 0 spiro atoms. The Morgan fingerprint density at radius 2 is 2.00 bits per heavy atom. The number of ether oxygens (including phenoxy) is 1. The summed E-state index contributed by atoms with van der Waals surface area (Å²) in [7, 11) is 0. The SMILES string of the molecule is CCOC(=O)/C=C(\SCC)C(F)(F)F. The zero-order valence-electron chi connectivity index (χ0n) is 7.85. The van der Waals surface area contributed by atoms with E-state index in [1.165, 1.54) is 6.92 Å². The van der Waals surface area contributed by atoms with Crippen molar-refractivity contribution in [3.63, 3.8) is 0 Å². The van der Waals surface area contributed by atoms with E-state index in [0.29, 0.717) is 17.8 Å². The first-order chi connectivity index (χ1) is 6.41. The summed E-state index contributed by atoms with van der Waals surface area (Å²) < 4.78 is 41.0. The predicted octanol–water partition coefficient (Wildman–Crippen LogP) is 2.75. The zero-order chi connectivity index (χ0) is 11.2. The van der Waals surface area contributed by atoms with Crippen molar-refractivity contribution in [2.24, 2.45) is 0 Å². The summed E-state index contributed by atoms with van der Waals surface area (Å²) in [5, 5.41) is 0. The minimum Gasteiger partial charge on any atom is -0.463 e. The number of esters is 1.